The molecule has 6 heteroatoms. The van der Waals surface area contributed by atoms with Gasteiger partial charge in [-0.1, -0.05) is 48.5 Å². The number of methoxy groups -OCH3 is 2. The molecule has 0 atom stereocenters. The van der Waals surface area contributed by atoms with Gasteiger partial charge in [0, 0.05) is 5.57 Å². The van der Waals surface area contributed by atoms with E-state index >= 15 is 0 Å². The van der Waals surface area contributed by atoms with E-state index in [4.69, 9.17) is 4.74 Å². The highest BCUT2D eigenvalue weighted by atomic mass is 16.5. The first-order valence-corrected chi connectivity index (χ1v) is 9.16. The maximum Gasteiger partial charge on any atom is 0.341 e. The van der Waals surface area contributed by atoms with Crippen LogP contribution in [0.4, 0.5) is 5.69 Å². The fourth-order valence-corrected chi connectivity index (χ4v) is 2.87. The number of para-hydroxylation sites is 1. The van der Waals surface area contributed by atoms with Crippen LogP contribution in [-0.2, 0) is 9.53 Å². The van der Waals surface area contributed by atoms with E-state index in [1.54, 1.807) is 31.4 Å². The van der Waals surface area contributed by atoms with Gasteiger partial charge in [-0.2, -0.15) is 0 Å². The van der Waals surface area contributed by atoms with Gasteiger partial charge in [0.25, 0.3) is 5.91 Å². The molecule has 0 saturated carbocycles. The molecule has 2 N–H and O–H groups in total. The Morgan fingerprint density at radius 3 is 2.23 bits per heavy atom. The van der Waals surface area contributed by atoms with E-state index in [-0.39, 0.29) is 17.0 Å². The van der Waals surface area contributed by atoms with Crippen molar-refractivity contribution in [2.75, 3.05) is 19.5 Å². The summed E-state index contributed by atoms with van der Waals surface area (Å²) in [5, 5.41) is 13.1. The third-order valence-corrected chi connectivity index (χ3v) is 4.45. The van der Waals surface area contributed by atoms with Crippen molar-refractivity contribution in [3.05, 3.63) is 89.5 Å². The Morgan fingerprint density at radius 2 is 1.60 bits per heavy atom. The molecule has 0 bridgehead atoms. The summed E-state index contributed by atoms with van der Waals surface area (Å²) in [5.74, 6) is -0.771. The normalized spacial score (nSPS) is 10.9. The maximum atomic E-state index is 13.1. The number of ether oxygens (including phenoxy) is 2. The van der Waals surface area contributed by atoms with E-state index in [0.717, 1.165) is 5.56 Å². The topological polar surface area (TPSA) is 84.9 Å². The minimum absolute atomic E-state index is 0.0318. The monoisotopic (exact) mass is 403 g/mol. The molecule has 1 amide bonds. The number of benzene rings is 3. The molecule has 3 rings (SSSR count). The minimum atomic E-state index is -0.694. The number of hydrogen-bond donors (Lipinski definition) is 2. The summed E-state index contributed by atoms with van der Waals surface area (Å²) in [4.78, 5) is 24.9. The molecule has 0 aromatic heterocycles. The second kappa shape index (κ2) is 9.43. The van der Waals surface area contributed by atoms with Crippen molar-refractivity contribution in [1.29, 1.82) is 0 Å². The van der Waals surface area contributed by atoms with Gasteiger partial charge in [0.2, 0.25) is 0 Å². The summed E-state index contributed by atoms with van der Waals surface area (Å²) in [6, 6.07) is 20.9. The molecule has 0 radical (unpaired) electrons. The first-order chi connectivity index (χ1) is 14.5. The van der Waals surface area contributed by atoms with E-state index in [2.05, 4.69) is 10.1 Å². The zero-order chi connectivity index (χ0) is 21.5. The van der Waals surface area contributed by atoms with Gasteiger partial charge in [-0.25, -0.2) is 4.79 Å². The van der Waals surface area contributed by atoms with Crippen molar-refractivity contribution in [2.24, 2.45) is 0 Å². The molecule has 0 aliphatic carbocycles. The average Bonchev–Trinajstić information content (AvgIpc) is 2.79. The molecule has 0 unspecified atom stereocenters. The molecule has 30 heavy (non-hydrogen) atoms. The number of phenolic OH excluding ortho intramolecular Hbond substituents is 1. The van der Waals surface area contributed by atoms with Crippen molar-refractivity contribution in [3.63, 3.8) is 0 Å². The van der Waals surface area contributed by atoms with Crippen LogP contribution in [0.2, 0.25) is 0 Å². The lowest BCUT2D eigenvalue weighted by molar-refractivity contribution is -0.111. The predicted octanol–water partition coefficient (Wildman–Crippen LogP) is 4.37. The van der Waals surface area contributed by atoms with Crippen LogP contribution in [0.5, 0.6) is 11.5 Å². The van der Waals surface area contributed by atoms with E-state index in [0.29, 0.717) is 16.9 Å². The molecule has 152 valence electrons. The van der Waals surface area contributed by atoms with Crippen LogP contribution in [0.3, 0.4) is 0 Å². The number of phenols is 1. The van der Waals surface area contributed by atoms with Crippen molar-refractivity contribution in [3.8, 4) is 11.5 Å². The molecule has 3 aromatic rings. The van der Waals surface area contributed by atoms with Gasteiger partial charge < -0.3 is 19.9 Å². The number of carbonyl (C=O) groups excluding carboxylic acids is 2. The number of aromatic hydroxyl groups is 1. The van der Waals surface area contributed by atoms with Crippen molar-refractivity contribution in [1.82, 2.24) is 0 Å². The predicted molar refractivity (Wildman–Crippen MR) is 115 cm³/mol. The van der Waals surface area contributed by atoms with Crippen LogP contribution in [0.25, 0.3) is 11.6 Å². The highest BCUT2D eigenvalue weighted by Crippen LogP contribution is 2.30. The van der Waals surface area contributed by atoms with E-state index < -0.39 is 11.9 Å². The van der Waals surface area contributed by atoms with Gasteiger partial charge >= 0.3 is 5.97 Å². The van der Waals surface area contributed by atoms with E-state index in [9.17, 15) is 14.7 Å². The Balaban J connectivity index is 1.97. The molecule has 0 saturated heterocycles. The summed E-state index contributed by atoms with van der Waals surface area (Å²) in [5.41, 5.74) is 1.98. The first-order valence-electron chi connectivity index (χ1n) is 9.16. The van der Waals surface area contributed by atoms with Gasteiger partial charge in [-0.05, 0) is 41.5 Å². The highest BCUT2D eigenvalue weighted by molar-refractivity contribution is 6.29. The molecule has 0 fully saturated rings. The number of esters is 1. The standard InChI is InChI=1S/C24H21NO5/c1-29-18-13-11-16(12-14-18)15-20(17-7-4-3-5-8-17)23(27)25-21-10-6-9-19(22(21)26)24(28)30-2/h3-15,26H,1-2H3,(H,25,27)/b20-15+. The quantitative estimate of drug-likeness (QED) is 0.276. The number of amides is 1. The average molecular weight is 403 g/mol. The van der Waals surface area contributed by atoms with Crippen LogP contribution in [0.1, 0.15) is 21.5 Å². The molecule has 0 heterocycles. The van der Waals surface area contributed by atoms with E-state index in [1.165, 1.54) is 19.2 Å². The number of nitrogens with one attached hydrogen (secondary N) is 1. The summed E-state index contributed by atoms with van der Waals surface area (Å²) >= 11 is 0. The number of anilines is 1. The zero-order valence-electron chi connectivity index (χ0n) is 16.6. The minimum Gasteiger partial charge on any atom is -0.505 e. The lowest BCUT2D eigenvalue weighted by atomic mass is 10.0. The Kier molecular flexibility index (Phi) is 6.49. The van der Waals surface area contributed by atoms with Crippen LogP contribution in [-0.4, -0.2) is 31.2 Å². The number of rotatable bonds is 6. The second-order valence-corrected chi connectivity index (χ2v) is 6.34. The molecule has 0 aliphatic heterocycles. The van der Waals surface area contributed by atoms with Crippen molar-refractivity contribution in [2.45, 2.75) is 0 Å². The van der Waals surface area contributed by atoms with Gasteiger partial charge in [-0.3, -0.25) is 4.79 Å². The largest absolute Gasteiger partial charge is 0.505 e. The third kappa shape index (κ3) is 4.67. The molecular weight excluding hydrogens is 382 g/mol. The first kappa shape index (κ1) is 20.7. The molecule has 0 aliphatic rings. The Hall–Kier alpha value is -4.06. The lowest BCUT2D eigenvalue weighted by Crippen LogP contribution is -2.14. The lowest BCUT2D eigenvalue weighted by Gasteiger charge is -2.12. The van der Waals surface area contributed by atoms with Crippen LogP contribution >= 0.6 is 0 Å². The second-order valence-electron chi connectivity index (χ2n) is 6.34. The fourth-order valence-electron chi connectivity index (χ4n) is 2.87. The van der Waals surface area contributed by atoms with Crippen LogP contribution < -0.4 is 10.1 Å². The Labute approximate surface area is 174 Å². The molecule has 0 spiro atoms. The molecule has 3 aromatic carbocycles. The van der Waals surface area contributed by atoms with Gasteiger partial charge in [-0.15, -0.1) is 0 Å². The summed E-state index contributed by atoms with van der Waals surface area (Å²) in [6.45, 7) is 0. The highest BCUT2D eigenvalue weighted by Gasteiger charge is 2.18. The van der Waals surface area contributed by atoms with Crippen molar-refractivity contribution < 1.29 is 24.2 Å². The number of carbonyl (C=O) groups is 2. The smallest absolute Gasteiger partial charge is 0.341 e. The molecule has 6 nitrogen and oxygen atoms in total. The zero-order valence-corrected chi connectivity index (χ0v) is 16.6. The summed E-state index contributed by atoms with van der Waals surface area (Å²) < 4.78 is 9.83. The van der Waals surface area contributed by atoms with Gasteiger partial charge in [0.05, 0.1) is 19.9 Å². The Bertz CT molecular complexity index is 1070. The van der Waals surface area contributed by atoms with Gasteiger partial charge in [0.1, 0.15) is 11.3 Å². The van der Waals surface area contributed by atoms with E-state index in [1.807, 2.05) is 42.5 Å². The SMILES string of the molecule is COC(=O)c1cccc(NC(=O)/C(=C/c2ccc(OC)cc2)c2ccccc2)c1O. The summed E-state index contributed by atoms with van der Waals surface area (Å²) in [7, 11) is 2.81. The number of hydrogen-bond acceptors (Lipinski definition) is 5. The molecular formula is C24H21NO5. The van der Waals surface area contributed by atoms with Crippen molar-refractivity contribution >= 4 is 29.2 Å². The summed E-state index contributed by atoms with van der Waals surface area (Å²) in [6.07, 6.45) is 1.74. The Morgan fingerprint density at radius 1 is 0.900 bits per heavy atom. The van der Waals surface area contributed by atoms with Crippen LogP contribution in [0, 0.1) is 0 Å². The maximum absolute atomic E-state index is 13.1. The third-order valence-electron chi connectivity index (χ3n) is 4.45. The van der Waals surface area contributed by atoms with Gasteiger partial charge in [0.15, 0.2) is 5.75 Å². The van der Waals surface area contributed by atoms with Crippen LogP contribution in [0.15, 0.2) is 72.8 Å². The fraction of sp³-hybridized carbons (Fsp3) is 0.0833.